The van der Waals surface area contributed by atoms with Crippen LogP contribution in [0.4, 0.5) is 0 Å². The van der Waals surface area contributed by atoms with Gasteiger partial charge in [0.05, 0.1) is 6.73 Å². The van der Waals surface area contributed by atoms with Crippen molar-refractivity contribution in [1.29, 1.82) is 0 Å². The molecule has 0 heterocycles. The quantitative estimate of drug-likeness (QED) is 0.432. The Kier molecular flexibility index (Phi) is 6.85. The molecule has 0 aromatic carbocycles. The first kappa shape index (κ1) is 7.92. The predicted octanol–water partition coefficient (Wildman–Crippen LogP) is 1.11. The molecule has 0 saturated carbocycles. The lowest BCUT2D eigenvalue weighted by Gasteiger charge is -1.96. The van der Waals surface area contributed by atoms with Crippen molar-refractivity contribution < 1.29 is 4.74 Å². The van der Waals surface area contributed by atoms with Crippen molar-refractivity contribution in [2.75, 3.05) is 13.3 Å². The lowest BCUT2D eigenvalue weighted by Crippen LogP contribution is -2.05. The molecule has 0 aromatic rings. The molecule has 0 radical (unpaired) electrons. The van der Waals surface area contributed by atoms with Gasteiger partial charge in [0.2, 0.25) is 0 Å². The van der Waals surface area contributed by atoms with E-state index in [1.165, 1.54) is 12.8 Å². The van der Waals surface area contributed by atoms with Gasteiger partial charge < -0.3 is 10.5 Å². The fourth-order valence-corrected chi connectivity index (χ4v) is 0.537. The van der Waals surface area contributed by atoms with Gasteiger partial charge in [-0.05, 0) is 6.42 Å². The molecule has 0 aliphatic heterocycles. The van der Waals surface area contributed by atoms with E-state index in [0.29, 0.717) is 6.73 Å². The summed E-state index contributed by atoms with van der Waals surface area (Å²) in [6.07, 6.45) is 3.64. The molecule has 8 heavy (non-hydrogen) atoms. The molecule has 0 bridgehead atoms. The number of hydrogen-bond acceptors (Lipinski definition) is 2. The predicted molar refractivity (Wildman–Crippen MR) is 34.5 cm³/mol. The molecular weight excluding hydrogens is 102 g/mol. The molecule has 2 nitrogen and oxygen atoms in total. The Morgan fingerprint density at radius 2 is 2.12 bits per heavy atom. The van der Waals surface area contributed by atoms with Gasteiger partial charge in [-0.25, -0.2) is 0 Å². The Morgan fingerprint density at radius 1 is 1.38 bits per heavy atom. The average Bonchev–Trinajstić information content (AvgIpc) is 1.81. The molecule has 0 saturated heterocycles. The second-order valence-corrected chi connectivity index (χ2v) is 1.78. The zero-order valence-electron chi connectivity index (χ0n) is 5.52. The molecule has 0 atom stereocenters. The summed E-state index contributed by atoms with van der Waals surface area (Å²) in [4.78, 5) is 0. The van der Waals surface area contributed by atoms with Crippen molar-refractivity contribution in [2.45, 2.75) is 26.2 Å². The fourth-order valence-electron chi connectivity index (χ4n) is 0.537. The van der Waals surface area contributed by atoms with Crippen LogP contribution in [0.3, 0.4) is 0 Å². The average molecular weight is 117 g/mol. The third-order valence-corrected chi connectivity index (χ3v) is 1.01. The van der Waals surface area contributed by atoms with Crippen LogP contribution in [0.5, 0.6) is 0 Å². The summed E-state index contributed by atoms with van der Waals surface area (Å²) in [7, 11) is 0. The lowest BCUT2D eigenvalue weighted by molar-refractivity contribution is 0.137. The Balaban J connectivity index is 2.53. The highest BCUT2D eigenvalue weighted by Gasteiger charge is 1.82. The summed E-state index contributed by atoms with van der Waals surface area (Å²) in [5.74, 6) is 0. The zero-order valence-corrected chi connectivity index (χ0v) is 5.52. The van der Waals surface area contributed by atoms with Crippen molar-refractivity contribution in [3.05, 3.63) is 0 Å². The van der Waals surface area contributed by atoms with Crippen molar-refractivity contribution in [1.82, 2.24) is 0 Å². The van der Waals surface area contributed by atoms with Gasteiger partial charge in [-0.15, -0.1) is 0 Å². The molecular formula is C6H15NO. The minimum atomic E-state index is 0.365. The van der Waals surface area contributed by atoms with Gasteiger partial charge in [0.25, 0.3) is 0 Å². The van der Waals surface area contributed by atoms with Crippen molar-refractivity contribution >= 4 is 0 Å². The van der Waals surface area contributed by atoms with Crippen LogP contribution in [0.2, 0.25) is 0 Å². The topological polar surface area (TPSA) is 35.2 Å². The van der Waals surface area contributed by atoms with Crippen LogP contribution in [0.15, 0.2) is 0 Å². The zero-order chi connectivity index (χ0) is 6.24. The van der Waals surface area contributed by atoms with E-state index < -0.39 is 0 Å². The second kappa shape index (κ2) is 6.92. The lowest BCUT2D eigenvalue weighted by atomic mass is 10.3. The normalized spacial score (nSPS) is 9.75. The third kappa shape index (κ3) is 5.92. The van der Waals surface area contributed by atoms with Crippen LogP contribution in [0.25, 0.3) is 0 Å². The summed E-state index contributed by atoms with van der Waals surface area (Å²) in [5.41, 5.74) is 5.09. The Morgan fingerprint density at radius 3 is 2.62 bits per heavy atom. The van der Waals surface area contributed by atoms with Gasteiger partial charge in [0, 0.05) is 6.61 Å². The first-order valence-electron chi connectivity index (χ1n) is 3.19. The summed E-state index contributed by atoms with van der Waals surface area (Å²) < 4.78 is 4.91. The van der Waals surface area contributed by atoms with Crippen molar-refractivity contribution in [3.63, 3.8) is 0 Å². The van der Waals surface area contributed by atoms with Gasteiger partial charge in [-0.2, -0.15) is 0 Å². The molecule has 0 aliphatic rings. The molecule has 0 aromatic heterocycles. The van der Waals surface area contributed by atoms with E-state index in [0.717, 1.165) is 13.0 Å². The Labute approximate surface area is 51.0 Å². The van der Waals surface area contributed by atoms with Crippen molar-refractivity contribution in [2.24, 2.45) is 5.73 Å². The van der Waals surface area contributed by atoms with E-state index in [9.17, 15) is 0 Å². The van der Waals surface area contributed by atoms with E-state index in [1.54, 1.807) is 0 Å². The molecule has 0 amide bonds. The molecule has 0 fully saturated rings. The van der Waals surface area contributed by atoms with Gasteiger partial charge >= 0.3 is 0 Å². The summed E-state index contributed by atoms with van der Waals surface area (Å²) >= 11 is 0. The highest BCUT2D eigenvalue weighted by Crippen LogP contribution is 1.92. The first-order valence-corrected chi connectivity index (χ1v) is 3.19. The fraction of sp³-hybridized carbons (Fsp3) is 1.00. The molecule has 2 N–H and O–H groups in total. The van der Waals surface area contributed by atoms with Crippen LogP contribution in [-0.4, -0.2) is 13.3 Å². The van der Waals surface area contributed by atoms with Gasteiger partial charge in [-0.3, -0.25) is 0 Å². The molecule has 0 aliphatic carbocycles. The highest BCUT2D eigenvalue weighted by molar-refractivity contribution is 4.33. The van der Waals surface area contributed by atoms with E-state index in [-0.39, 0.29) is 0 Å². The number of rotatable bonds is 5. The van der Waals surface area contributed by atoms with Crippen LogP contribution in [0, 0.1) is 0 Å². The maximum atomic E-state index is 5.09. The molecule has 0 unspecified atom stereocenters. The second-order valence-electron chi connectivity index (χ2n) is 1.78. The van der Waals surface area contributed by atoms with Gasteiger partial charge in [-0.1, -0.05) is 19.8 Å². The summed E-state index contributed by atoms with van der Waals surface area (Å²) in [6, 6.07) is 0. The van der Waals surface area contributed by atoms with Crippen LogP contribution < -0.4 is 5.73 Å². The summed E-state index contributed by atoms with van der Waals surface area (Å²) in [6.45, 7) is 3.36. The number of hydrogen-bond donors (Lipinski definition) is 1. The number of ether oxygens (including phenoxy) is 1. The monoisotopic (exact) mass is 117 g/mol. The molecule has 2 heteroatoms. The van der Waals surface area contributed by atoms with E-state index in [4.69, 9.17) is 10.5 Å². The Hall–Kier alpha value is -0.0800. The maximum absolute atomic E-state index is 5.09. The van der Waals surface area contributed by atoms with Crippen LogP contribution >= 0.6 is 0 Å². The van der Waals surface area contributed by atoms with Gasteiger partial charge in [0.15, 0.2) is 0 Å². The maximum Gasteiger partial charge on any atom is 0.0940 e. The number of unbranched alkanes of at least 4 members (excludes halogenated alkanes) is 2. The largest absolute Gasteiger partial charge is 0.367 e. The minimum absolute atomic E-state index is 0.365. The van der Waals surface area contributed by atoms with Crippen molar-refractivity contribution in [3.8, 4) is 0 Å². The Bertz CT molecular complexity index is 33.5. The first-order chi connectivity index (χ1) is 3.91. The SMILES string of the molecule is CCCCCOCN. The van der Waals surface area contributed by atoms with E-state index >= 15 is 0 Å². The summed E-state index contributed by atoms with van der Waals surface area (Å²) in [5, 5.41) is 0. The van der Waals surface area contributed by atoms with Crippen LogP contribution in [0.1, 0.15) is 26.2 Å². The van der Waals surface area contributed by atoms with E-state index in [2.05, 4.69) is 6.92 Å². The van der Waals surface area contributed by atoms with E-state index in [1.807, 2.05) is 0 Å². The standard InChI is InChI=1S/C6H15NO/c1-2-3-4-5-8-6-7/h2-7H2,1H3. The van der Waals surface area contributed by atoms with Crippen LogP contribution in [-0.2, 0) is 4.74 Å². The molecule has 0 rings (SSSR count). The highest BCUT2D eigenvalue weighted by atomic mass is 16.5. The molecule has 50 valence electrons. The third-order valence-electron chi connectivity index (χ3n) is 1.01. The molecule has 0 spiro atoms. The minimum Gasteiger partial charge on any atom is -0.367 e. The number of nitrogens with two attached hydrogens (primary N) is 1. The smallest absolute Gasteiger partial charge is 0.0940 e. The van der Waals surface area contributed by atoms with Gasteiger partial charge in [0.1, 0.15) is 0 Å².